The number of carbonyl (C=O) groups is 4. The third-order valence-electron chi connectivity index (χ3n) is 8.69. The molecule has 1 aromatic heterocycles. The van der Waals surface area contributed by atoms with Gasteiger partial charge < -0.3 is 25.0 Å². The number of nitrogens with zero attached hydrogens (tertiary/aromatic N) is 3. The lowest BCUT2D eigenvalue weighted by molar-refractivity contribution is -0.143. The summed E-state index contributed by atoms with van der Waals surface area (Å²) >= 11 is 0. The van der Waals surface area contributed by atoms with Crippen LogP contribution < -0.4 is 20.1 Å². The molecule has 48 heavy (non-hydrogen) atoms. The highest BCUT2D eigenvalue weighted by atomic mass is 32.2. The van der Waals surface area contributed by atoms with E-state index in [-0.39, 0.29) is 25.3 Å². The number of aromatic nitrogens is 2. The third-order valence-corrected chi connectivity index (χ3v) is 10.5. The Hall–Kier alpha value is -4.27. The molecular weight excluding hydrogens is 640 g/mol. The Labute approximate surface area is 280 Å². The fourth-order valence-corrected chi connectivity index (χ4v) is 7.24. The number of hydrogen-bond acceptors (Lipinski definition) is 10. The highest BCUT2D eigenvalue weighted by Crippen LogP contribution is 2.45. The van der Waals surface area contributed by atoms with Crippen LogP contribution in [-0.2, 0) is 29.1 Å². The number of hydrogen-bond donors (Lipinski definition) is 3. The number of carbonyl (C=O) groups excluding carboxylic acids is 4. The van der Waals surface area contributed by atoms with Crippen molar-refractivity contribution in [2.45, 2.75) is 102 Å². The molecule has 15 heteroatoms. The summed E-state index contributed by atoms with van der Waals surface area (Å²) in [5.41, 5.74) is -3.18. The lowest BCUT2D eigenvalue weighted by Crippen LogP contribution is -2.60. The molecule has 2 heterocycles. The Morgan fingerprint density at radius 3 is 2.40 bits per heavy atom. The van der Waals surface area contributed by atoms with E-state index in [1.807, 2.05) is 24.3 Å². The van der Waals surface area contributed by atoms with E-state index in [2.05, 4.69) is 32.1 Å². The van der Waals surface area contributed by atoms with Gasteiger partial charge in [-0.3, -0.25) is 19.1 Å². The van der Waals surface area contributed by atoms with Crippen LogP contribution in [0.1, 0.15) is 67.2 Å². The van der Waals surface area contributed by atoms with Gasteiger partial charge in [0.1, 0.15) is 29.3 Å². The predicted molar refractivity (Wildman–Crippen MR) is 176 cm³/mol. The minimum absolute atomic E-state index is 0.0165. The standard InChI is InChI=1S/C33H44N6O8S/c1-8-20-16-33(20,29(42)38-48(44,45)22-13-14-22)36-26(40)24-15-21(46-27-23-12-10-9-11-19(23)17-34-37-27)18-39(24)28(41)25(31(2,3)4)35-30(43)47-32(5,6)7/h8-12,17,20-22,24-25H,1,13-16,18H2,2-7H3,(H,35,43)(H,36,40)(H,38,42)/t20-,21-,24-,25-,33+/m1/s1. The van der Waals surface area contributed by atoms with Crippen molar-refractivity contribution in [2.75, 3.05) is 6.54 Å². The minimum atomic E-state index is -3.89. The molecule has 14 nitrogen and oxygen atoms in total. The van der Waals surface area contributed by atoms with Crippen LogP contribution in [-0.4, -0.2) is 88.5 Å². The first kappa shape index (κ1) is 35.0. The Bertz CT molecular complexity index is 1730. The molecule has 0 spiro atoms. The van der Waals surface area contributed by atoms with Gasteiger partial charge in [0, 0.05) is 23.1 Å². The molecule has 3 aliphatic rings. The van der Waals surface area contributed by atoms with Gasteiger partial charge in [-0.15, -0.1) is 11.7 Å². The predicted octanol–water partition coefficient (Wildman–Crippen LogP) is 2.59. The van der Waals surface area contributed by atoms with Crippen molar-refractivity contribution in [2.24, 2.45) is 11.3 Å². The maximum atomic E-state index is 14.3. The molecule has 5 rings (SSSR count). The number of alkyl carbamates (subject to hydrolysis) is 1. The van der Waals surface area contributed by atoms with Crippen molar-refractivity contribution in [3.8, 4) is 5.88 Å². The molecule has 0 unspecified atom stereocenters. The first-order valence-electron chi connectivity index (χ1n) is 16.0. The number of sulfonamides is 1. The Morgan fingerprint density at radius 1 is 1.10 bits per heavy atom. The zero-order chi connectivity index (χ0) is 35.2. The molecular formula is C33H44N6O8S. The molecule has 2 aliphatic carbocycles. The largest absolute Gasteiger partial charge is 0.471 e. The van der Waals surface area contributed by atoms with Crippen LogP contribution in [0.25, 0.3) is 10.8 Å². The number of nitrogens with one attached hydrogen (secondary N) is 3. The van der Waals surface area contributed by atoms with Gasteiger partial charge in [-0.05, 0) is 51.5 Å². The van der Waals surface area contributed by atoms with E-state index in [4.69, 9.17) is 9.47 Å². The molecule has 5 atom stereocenters. The number of amides is 4. The number of ether oxygens (including phenoxy) is 2. The van der Waals surface area contributed by atoms with Crippen molar-refractivity contribution in [3.05, 3.63) is 43.1 Å². The van der Waals surface area contributed by atoms with Crippen molar-refractivity contribution in [1.82, 2.24) is 30.5 Å². The van der Waals surface area contributed by atoms with E-state index in [1.165, 1.54) is 11.0 Å². The summed E-state index contributed by atoms with van der Waals surface area (Å²) in [6.45, 7) is 14.1. The molecule has 3 N–H and O–H groups in total. The van der Waals surface area contributed by atoms with E-state index in [0.29, 0.717) is 18.2 Å². The van der Waals surface area contributed by atoms with E-state index in [9.17, 15) is 27.6 Å². The number of benzene rings is 1. The van der Waals surface area contributed by atoms with Gasteiger partial charge in [-0.25, -0.2) is 13.2 Å². The van der Waals surface area contributed by atoms with Gasteiger partial charge in [0.05, 0.1) is 18.0 Å². The van der Waals surface area contributed by atoms with Gasteiger partial charge in [0.2, 0.25) is 27.7 Å². The maximum absolute atomic E-state index is 14.3. The average molecular weight is 685 g/mol. The molecule has 260 valence electrons. The number of fused-ring (bicyclic) bond motifs is 1. The summed E-state index contributed by atoms with van der Waals surface area (Å²) in [6, 6.07) is 5.10. The van der Waals surface area contributed by atoms with Gasteiger partial charge in [0.25, 0.3) is 5.91 Å². The van der Waals surface area contributed by atoms with Crippen molar-refractivity contribution in [3.63, 3.8) is 0 Å². The van der Waals surface area contributed by atoms with Crippen molar-refractivity contribution < 1.29 is 37.1 Å². The zero-order valence-corrected chi connectivity index (χ0v) is 28.9. The molecule has 4 amide bonds. The zero-order valence-electron chi connectivity index (χ0n) is 28.1. The van der Waals surface area contributed by atoms with Crippen molar-refractivity contribution >= 4 is 44.6 Å². The SMILES string of the molecule is C=C[C@@H]1C[C@@]1(NC(=O)[C@H]1C[C@@H](Oc2nncc3ccccc23)CN1C(=O)[C@@H](NC(=O)OC(C)(C)C)C(C)(C)C)C(=O)NS(=O)(=O)C1CC1. The molecule has 1 aromatic carbocycles. The van der Waals surface area contributed by atoms with E-state index < -0.39 is 79.7 Å². The van der Waals surface area contributed by atoms with Gasteiger partial charge in [-0.1, -0.05) is 45.0 Å². The van der Waals surface area contributed by atoms with Crippen LogP contribution in [0.2, 0.25) is 0 Å². The van der Waals surface area contributed by atoms with Crippen LogP contribution in [0.15, 0.2) is 43.1 Å². The van der Waals surface area contributed by atoms with Gasteiger partial charge >= 0.3 is 6.09 Å². The topological polar surface area (TPSA) is 186 Å². The molecule has 0 radical (unpaired) electrons. The minimum Gasteiger partial charge on any atom is -0.471 e. The quantitative estimate of drug-likeness (QED) is 0.314. The third kappa shape index (κ3) is 7.55. The summed E-state index contributed by atoms with van der Waals surface area (Å²) in [5.74, 6) is -2.38. The monoisotopic (exact) mass is 684 g/mol. The van der Waals surface area contributed by atoms with Crippen LogP contribution in [0.3, 0.4) is 0 Å². The Balaban J connectivity index is 1.43. The first-order chi connectivity index (χ1) is 22.3. The smallest absolute Gasteiger partial charge is 0.408 e. The second-order valence-corrected chi connectivity index (χ2v) is 16.8. The van der Waals surface area contributed by atoms with E-state index in [1.54, 1.807) is 47.7 Å². The molecule has 3 fully saturated rings. The molecule has 1 aliphatic heterocycles. The van der Waals surface area contributed by atoms with E-state index >= 15 is 0 Å². The summed E-state index contributed by atoms with van der Waals surface area (Å²) in [4.78, 5) is 56.0. The summed E-state index contributed by atoms with van der Waals surface area (Å²) in [5, 5.41) is 14.5. The van der Waals surface area contributed by atoms with Crippen LogP contribution in [0.5, 0.6) is 5.88 Å². The first-order valence-corrected chi connectivity index (χ1v) is 17.6. The van der Waals surface area contributed by atoms with E-state index in [0.717, 1.165) is 5.39 Å². The molecule has 1 saturated heterocycles. The summed E-state index contributed by atoms with van der Waals surface area (Å²) in [7, 11) is -3.89. The van der Waals surface area contributed by atoms with Gasteiger partial charge in [-0.2, -0.15) is 5.10 Å². The Kier molecular flexibility index (Phi) is 9.23. The number of likely N-dealkylation sites (tertiary alicyclic amines) is 1. The summed E-state index contributed by atoms with van der Waals surface area (Å²) < 4.78 is 39.1. The lowest BCUT2D eigenvalue weighted by atomic mass is 9.85. The normalized spacial score (nSPS) is 24.7. The van der Waals surface area contributed by atoms with Crippen molar-refractivity contribution in [1.29, 1.82) is 0 Å². The van der Waals surface area contributed by atoms with Crippen LogP contribution >= 0.6 is 0 Å². The molecule has 2 aromatic rings. The maximum Gasteiger partial charge on any atom is 0.408 e. The summed E-state index contributed by atoms with van der Waals surface area (Å²) in [6.07, 6.45) is 2.65. The fraction of sp³-hybridized carbons (Fsp3) is 0.576. The van der Waals surface area contributed by atoms with Gasteiger partial charge in [0.15, 0.2) is 0 Å². The highest BCUT2D eigenvalue weighted by molar-refractivity contribution is 7.91. The highest BCUT2D eigenvalue weighted by Gasteiger charge is 2.62. The fourth-order valence-electron chi connectivity index (χ4n) is 5.88. The second-order valence-electron chi connectivity index (χ2n) is 14.8. The van der Waals surface area contributed by atoms with Crippen LogP contribution in [0, 0.1) is 11.3 Å². The second kappa shape index (κ2) is 12.6. The lowest BCUT2D eigenvalue weighted by Gasteiger charge is -2.36. The van der Waals surface area contributed by atoms with Crippen LogP contribution in [0.4, 0.5) is 4.79 Å². The molecule has 2 saturated carbocycles. The Morgan fingerprint density at radius 2 is 1.79 bits per heavy atom. The number of rotatable bonds is 10. The molecule has 0 bridgehead atoms. The average Bonchev–Trinajstić information content (AvgIpc) is 3.91.